The van der Waals surface area contributed by atoms with Gasteiger partial charge in [0.05, 0.1) is 11.3 Å². The molecule has 1 aromatic rings. The summed E-state index contributed by atoms with van der Waals surface area (Å²) in [5.41, 5.74) is 0.956. The van der Waals surface area contributed by atoms with Crippen LogP contribution >= 0.6 is 0 Å². The minimum atomic E-state index is -0.366. The summed E-state index contributed by atoms with van der Waals surface area (Å²) >= 11 is 0. The molecular formula is C17H25FN2O. The summed E-state index contributed by atoms with van der Waals surface area (Å²) in [7, 11) is 0. The Hall–Kier alpha value is -1.58. The number of carbonyl (C=O) groups excluding carboxylic acids is 1. The lowest BCUT2D eigenvalue weighted by Crippen LogP contribution is -2.31. The lowest BCUT2D eigenvalue weighted by molar-refractivity contribution is 0.0777. The maximum atomic E-state index is 13.9. The number of carbonyl (C=O) groups is 1. The molecule has 1 aliphatic heterocycles. The van der Waals surface area contributed by atoms with E-state index in [1.54, 1.807) is 12.1 Å². The van der Waals surface area contributed by atoms with Crippen LogP contribution < -0.4 is 5.32 Å². The Bertz CT molecular complexity index is 522. The van der Waals surface area contributed by atoms with Crippen LogP contribution in [0.1, 0.15) is 44.5 Å². The quantitative estimate of drug-likeness (QED) is 0.920. The van der Waals surface area contributed by atoms with Crippen molar-refractivity contribution in [2.45, 2.75) is 34.1 Å². The van der Waals surface area contributed by atoms with Crippen molar-refractivity contribution in [1.82, 2.24) is 4.90 Å². The van der Waals surface area contributed by atoms with Crippen LogP contribution in [0.4, 0.5) is 10.1 Å². The molecule has 0 aliphatic carbocycles. The van der Waals surface area contributed by atoms with Crippen molar-refractivity contribution in [1.29, 1.82) is 0 Å². The van der Waals surface area contributed by atoms with E-state index in [1.807, 2.05) is 11.8 Å². The second-order valence-electron chi connectivity index (χ2n) is 6.80. The predicted octanol–water partition coefficient (Wildman–Crippen LogP) is 3.77. The summed E-state index contributed by atoms with van der Waals surface area (Å²) in [6.07, 6.45) is 1.01. The first-order valence-electron chi connectivity index (χ1n) is 7.66. The fourth-order valence-corrected chi connectivity index (χ4v) is 2.88. The van der Waals surface area contributed by atoms with Crippen molar-refractivity contribution < 1.29 is 9.18 Å². The molecule has 4 heteroatoms. The fourth-order valence-electron chi connectivity index (χ4n) is 2.88. The minimum absolute atomic E-state index is 0.0720. The minimum Gasteiger partial charge on any atom is -0.382 e. The Balaban J connectivity index is 2.20. The van der Waals surface area contributed by atoms with Gasteiger partial charge >= 0.3 is 0 Å². The maximum Gasteiger partial charge on any atom is 0.256 e. The Labute approximate surface area is 126 Å². The van der Waals surface area contributed by atoms with Gasteiger partial charge in [-0.2, -0.15) is 0 Å². The smallest absolute Gasteiger partial charge is 0.256 e. The molecule has 1 atom stereocenters. The van der Waals surface area contributed by atoms with Crippen LogP contribution in [-0.4, -0.2) is 30.4 Å². The highest BCUT2D eigenvalue weighted by Gasteiger charge is 2.34. The zero-order chi connectivity index (χ0) is 15.6. The summed E-state index contributed by atoms with van der Waals surface area (Å²) in [5, 5.41) is 2.97. The van der Waals surface area contributed by atoms with Gasteiger partial charge in [0, 0.05) is 19.6 Å². The highest BCUT2D eigenvalue weighted by atomic mass is 19.1. The first-order chi connectivity index (χ1) is 9.84. The molecule has 1 aliphatic rings. The van der Waals surface area contributed by atoms with Gasteiger partial charge in [-0.1, -0.05) is 26.8 Å². The van der Waals surface area contributed by atoms with E-state index in [-0.39, 0.29) is 17.1 Å². The van der Waals surface area contributed by atoms with Crippen molar-refractivity contribution in [2.24, 2.45) is 11.3 Å². The van der Waals surface area contributed by atoms with Crippen LogP contribution in [0.5, 0.6) is 0 Å². The molecule has 0 aromatic heterocycles. The Morgan fingerprint density at radius 1 is 1.43 bits per heavy atom. The average molecular weight is 292 g/mol. The molecule has 0 spiro atoms. The zero-order valence-corrected chi connectivity index (χ0v) is 13.4. The summed E-state index contributed by atoms with van der Waals surface area (Å²) in [6.45, 7) is 10.6. The third kappa shape index (κ3) is 3.36. The average Bonchev–Trinajstić information content (AvgIpc) is 2.90. The molecular weight excluding hydrogens is 267 g/mol. The van der Waals surface area contributed by atoms with Crippen LogP contribution in [0.25, 0.3) is 0 Å². The molecule has 0 saturated carbocycles. The number of nitrogens with zero attached hydrogens (tertiary/aromatic N) is 1. The second-order valence-corrected chi connectivity index (χ2v) is 6.80. The SMILES string of the molecule is CCNc1c(F)cccc1C(=O)N1CCC(C(C)(C)C)C1. The van der Waals surface area contributed by atoms with Crippen LogP contribution in [0, 0.1) is 17.2 Å². The van der Waals surface area contributed by atoms with E-state index in [2.05, 4.69) is 26.1 Å². The first-order valence-corrected chi connectivity index (χ1v) is 7.66. The van der Waals surface area contributed by atoms with E-state index < -0.39 is 0 Å². The monoisotopic (exact) mass is 292 g/mol. The lowest BCUT2D eigenvalue weighted by atomic mass is 9.80. The van der Waals surface area contributed by atoms with E-state index in [4.69, 9.17) is 0 Å². The highest BCUT2D eigenvalue weighted by Crippen LogP contribution is 2.34. The third-order valence-electron chi connectivity index (χ3n) is 4.30. The molecule has 0 radical (unpaired) electrons. The molecule has 2 rings (SSSR count). The van der Waals surface area contributed by atoms with E-state index in [0.29, 0.717) is 23.7 Å². The van der Waals surface area contributed by atoms with Gasteiger partial charge in [-0.25, -0.2) is 4.39 Å². The van der Waals surface area contributed by atoms with E-state index in [9.17, 15) is 9.18 Å². The van der Waals surface area contributed by atoms with Crippen molar-refractivity contribution in [3.05, 3.63) is 29.6 Å². The fraction of sp³-hybridized carbons (Fsp3) is 0.588. The molecule has 1 fully saturated rings. The maximum absolute atomic E-state index is 13.9. The Morgan fingerprint density at radius 3 is 2.71 bits per heavy atom. The summed E-state index contributed by atoms with van der Waals surface area (Å²) in [6, 6.07) is 4.69. The van der Waals surface area contributed by atoms with E-state index in [0.717, 1.165) is 19.5 Å². The molecule has 0 bridgehead atoms. The number of halogens is 1. The molecule has 21 heavy (non-hydrogen) atoms. The number of benzene rings is 1. The van der Waals surface area contributed by atoms with Crippen LogP contribution in [0.15, 0.2) is 18.2 Å². The van der Waals surface area contributed by atoms with Crippen molar-refractivity contribution >= 4 is 11.6 Å². The largest absolute Gasteiger partial charge is 0.382 e. The normalized spacial score (nSPS) is 18.9. The van der Waals surface area contributed by atoms with Gasteiger partial charge in [0.25, 0.3) is 5.91 Å². The van der Waals surface area contributed by atoms with Gasteiger partial charge in [-0.3, -0.25) is 4.79 Å². The predicted molar refractivity (Wildman–Crippen MR) is 84.0 cm³/mol. The van der Waals surface area contributed by atoms with Gasteiger partial charge < -0.3 is 10.2 Å². The molecule has 1 heterocycles. The van der Waals surface area contributed by atoms with Crippen molar-refractivity contribution in [3.63, 3.8) is 0 Å². The van der Waals surface area contributed by atoms with Gasteiger partial charge in [0.15, 0.2) is 0 Å². The number of likely N-dealkylation sites (tertiary alicyclic amines) is 1. The zero-order valence-electron chi connectivity index (χ0n) is 13.4. The van der Waals surface area contributed by atoms with Gasteiger partial charge in [0.2, 0.25) is 0 Å². The van der Waals surface area contributed by atoms with Gasteiger partial charge in [-0.15, -0.1) is 0 Å². The number of para-hydroxylation sites is 1. The molecule has 1 amide bonds. The Morgan fingerprint density at radius 2 is 2.14 bits per heavy atom. The summed E-state index contributed by atoms with van der Waals surface area (Å²) in [4.78, 5) is 14.5. The lowest BCUT2D eigenvalue weighted by Gasteiger charge is -2.27. The number of anilines is 1. The molecule has 1 aromatic carbocycles. The molecule has 116 valence electrons. The van der Waals surface area contributed by atoms with Crippen LogP contribution in [0.2, 0.25) is 0 Å². The van der Waals surface area contributed by atoms with Gasteiger partial charge in [0.1, 0.15) is 5.82 Å². The number of nitrogens with one attached hydrogen (secondary N) is 1. The number of hydrogen-bond donors (Lipinski definition) is 1. The van der Waals surface area contributed by atoms with Crippen LogP contribution in [-0.2, 0) is 0 Å². The highest BCUT2D eigenvalue weighted by molar-refractivity contribution is 5.99. The topological polar surface area (TPSA) is 32.3 Å². The van der Waals surface area contributed by atoms with Crippen LogP contribution in [0.3, 0.4) is 0 Å². The van der Waals surface area contributed by atoms with Crippen molar-refractivity contribution in [3.8, 4) is 0 Å². The first kappa shape index (κ1) is 15.8. The molecule has 3 nitrogen and oxygen atoms in total. The molecule has 1 saturated heterocycles. The summed E-state index contributed by atoms with van der Waals surface area (Å²) in [5.74, 6) is 0.0593. The molecule has 1 N–H and O–H groups in total. The number of rotatable bonds is 3. The standard InChI is InChI=1S/C17H25FN2O/c1-5-19-15-13(7-6-8-14(15)18)16(21)20-10-9-12(11-20)17(2,3)4/h6-8,12,19H,5,9-11H2,1-4H3. The van der Waals surface area contributed by atoms with Crippen molar-refractivity contribution in [2.75, 3.05) is 25.0 Å². The number of hydrogen-bond acceptors (Lipinski definition) is 2. The Kier molecular flexibility index (Phi) is 4.55. The third-order valence-corrected chi connectivity index (χ3v) is 4.30. The van der Waals surface area contributed by atoms with Gasteiger partial charge in [-0.05, 0) is 36.8 Å². The second kappa shape index (κ2) is 6.04. The summed E-state index contributed by atoms with van der Waals surface area (Å²) < 4.78 is 13.9. The molecule has 1 unspecified atom stereocenters. The van der Waals surface area contributed by atoms with E-state index in [1.165, 1.54) is 6.07 Å². The number of amides is 1. The van der Waals surface area contributed by atoms with E-state index >= 15 is 0 Å².